The first-order chi connectivity index (χ1) is 27.8. The second-order valence-corrected chi connectivity index (χ2v) is 16.5. The number of furan rings is 1. The van der Waals surface area contributed by atoms with E-state index in [-0.39, 0.29) is 10.8 Å². The summed E-state index contributed by atoms with van der Waals surface area (Å²) in [4.78, 5) is 2.38. The minimum absolute atomic E-state index is 0.135. The van der Waals surface area contributed by atoms with E-state index in [1.165, 1.54) is 44.5 Å². The van der Waals surface area contributed by atoms with Crippen LogP contribution in [-0.2, 0) is 10.8 Å². The molecule has 0 unspecified atom stereocenters. The van der Waals surface area contributed by atoms with Gasteiger partial charge in [-0.3, -0.25) is 0 Å². The molecule has 0 spiro atoms. The molecule has 0 fully saturated rings. The summed E-state index contributed by atoms with van der Waals surface area (Å²) in [6, 6.07) is 63.4. The molecule has 0 radical (unpaired) electrons. The molecule has 9 aromatic rings. The fourth-order valence-electron chi connectivity index (χ4n) is 9.56. The van der Waals surface area contributed by atoms with Crippen molar-refractivity contribution in [2.45, 2.75) is 38.5 Å². The van der Waals surface area contributed by atoms with Crippen molar-refractivity contribution in [2.24, 2.45) is 0 Å². The summed E-state index contributed by atoms with van der Waals surface area (Å²) in [6.07, 6.45) is 0. The summed E-state index contributed by atoms with van der Waals surface area (Å²) in [5.41, 5.74) is 16.9. The smallest absolute Gasteiger partial charge is 0.143 e. The van der Waals surface area contributed by atoms with Crippen LogP contribution in [0.1, 0.15) is 49.9 Å². The van der Waals surface area contributed by atoms with Gasteiger partial charge in [0.05, 0.1) is 5.39 Å². The largest absolute Gasteiger partial charge is 0.456 e. The summed E-state index contributed by atoms with van der Waals surface area (Å²) < 4.78 is 13.4. The van der Waals surface area contributed by atoms with E-state index in [1.54, 1.807) is 0 Å². The van der Waals surface area contributed by atoms with Crippen LogP contribution in [0.4, 0.5) is 17.1 Å². The van der Waals surface area contributed by atoms with Gasteiger partial charge in [0.25, 0.3) is 0 Å². The van der Waals surface area contributed by atoms with Gasteiger partial charge in [-0.05, 0) is 87.0 Å². The molecule has 0 amide bonds. The highest BCUT2D eigenvalue weighted by atomic mass is 16.5. The predicted octanol–water partition coefficient (Wildman–Crippen LogP) is 15.1. The van der Waals surface area contributed by atoms with E-state index in [4.69, 9.17) is 9.15 Å². The highest BCUT2D eigenvalue weighted by molar-refractivity contribution is 6.09. The maximum absolute atomic E-state index is 7.05. The Bertz CT molecular complexity index is 3040. The minimum Gasteiger partial charge on any atom is -0.456 e. The van der Waals surface area contributed by atoms with E-state index in [1.807, 2.05) is 12.1 Å². The first kappa shape index (κ1) is 33.5. The van der Waals surface area contributed by atoms with E-state index in [0.717, 1.165) is 61.6 Å². The molecule has 0 saturated carbocycles. The SMILES string of the molecule is CC1(C)c2ccccc2-c2ccc(N(c3ccc(-c4ccccc4-c4ccccc4)cc3)c3ccc4c(c3)Oc3c(ccc5oc6ccccc6c35)C4(C)C)cc21. The first-order valence-corrected chi connectivity index (χ1v) is 19.8. The monoisotopic (exact) mass is 735 g/mol. The first-order valence-electron chi connectivity index (χ1n) is 19.8. The molecule has 1 aliphatic heterocycles. The van der Waals surface area contributed by atoms with Crippen LogP contribution in [0.15, 0.2) is 180 Å². The van der Waals surface area contributed by atoms with Crippen molar-refractivity contribution in [3.8, 4) is 44.9 Å². The summed E-state index contributed by atoms with van der Waals surface area (Å²) in [6.45, 7) is 9.28. The minimum atomic E-state index is -0.296. The molecule has 0 saturated heterocycles. The molecular formula is C54H41NO2. The third-order valence-corrected chi connectivity index (χ3v) is 12.6. The van der Waals surface area contributed by atoms with Crippen LogP contribution in [0.5, 0.6) is 11.5 Å². The van der Waals surface area contributed by atoms with Crippen LogP contribution in [0.2, 0.25) is 0 Å². The Balaban J connectivity index is 1.07. The van der Waals surface area contributed by atoms with Crippen LogP contribution in [0.3, 0.4) is 0 Å². The van der Waals surface area contributed by atoms with Crippen molar-refractivity contribution in [1.29, 1.82) is 0 Å². The summed E-state index contributed by atoms with van der Waals surface area (Å²) in [7, 11) is 0. The number of nitrogens with zero attached hydrogens (tertiary/aromatic N) is 1. The molecule has 3 nitrogen and oxygen atoms in total. The molecule has 1 aromatic heterocycles. The average molecular weight is 736 g/mol. The standard InChI is InChI=1S/C54H41NO2/c1-53(2)44-20-12-10-18-41(44)42-28-26-37(32-47(42)53)55(36-24-22-35(23-25-36)40-17-9-8-16-39(40)34-14-6-5-7-15-34)38-27-29-45-50(33-38)57-52-46(54(45,3)4)30-31-49-51(52)43-19-11-13-21-48(43)56-49/h5-33H,1-4H3. The van der Waals surface area contributed by atoms with E-state index in [2.05, 4.69) is 196 Å². The van der Waals surface area contributed by atoms with Crippen molar-refractivity contribution >= 4 is 39.0 Å². The zero-order chi connectivity index (χ0) is 38.5. The Morgan fingerprint density at radius 1 is 0.404 bits per heavy atom. The fraction of sp³-hybridized carbons (Fsp3) is 0.111. The number of benzene rings is 8. The summed E-state index contributed by atoms with van der Waals surface area (Å²) in [5, 5.41) is 2.09. The number of hydrogen-bond acceptors (Lipinski definition) is 3. The molecule has 2 aliphatic rings. The molecule has 3 heteroatoms. The Morgan fingerprint density at radius 3 is 1.77 bits per heavy atom. The zero-order valence-electron chi connectivity index (χ0n) is 32.5. The third-order valence-electron chi connectivity index (χ3n) is 12.6. The Hall–Kier alpha value is -6.84. The number of rotatable bonds is 5. The lowest BCUT2D eigenvalue weighted by atomic mass is 9.75. The topological polar surface area (TPSA) is 25.6 Å². The number of fused-ring (bicyclic) bond motifs is 9. The molecule has 274 valence electrons. The van der Waals surface area contributed by atoms with Gasteiger partial charge in [0.15, 0.2) is 0 Å². The van der Waals surface area contributed by atoms with E-state index in [0.29, 0.717) is 0 Å². The number of ether oxygens (including phenoxy) is 1. The quantitative estimate of drug-likeness (QED) is 0.176. The Kier molecular flexibility index (Phi) is 7.25. The van der Waals surface area contributed by atoms with Gasteiger partial charge in [0.2, 0.25) is 0 Å². The van der Waals surface area contributed by atoms with Crippen molar-refractivity contribution in [1.82, 2.24) is 0 Å². The van der Waals surface area contributed by atoms with Gasteiger partial charge in [0, 0.05) is 50.5 Å². The number of anilines is 3. The van der Waals surface area contributed by atoms with Crippen LogP contribution in [0.25, 0.3) is 55.3 Å². The molecule has 1 aliphatic carbocycles. The van der Waals surface area contributed by atoms with Crippen LogP contribution in [-0.4, -0.2) is 0 Å². The molecule has 8 aromatic carbocycles. The number of hydrogen-bond donors (Lipinski definition) is 0. The van der Waals surface area contributed by atoms with Gasteiger partial charge in [0.1, 0.15) is 22.7 Å². The molecule has 11 rings (SSSR count). The van der Waals surface area contributed by atoms with Gasteiger partial charge in [-0.1, -0.05) is 155 Å². The zero-order valence-corrected chi connectivity index (χ0v) is 32.5. The molecule has 57 heavy (non-hydrogen) atoms. The average Bonchev–Trinajstić information content (AvgIpc) is 3.74. The van der Waals surface area contributed by atoms with Crippen LogP contribution in [0, 0.1) is 0 Å². The van der Waals surface area contributed by atoms with E-state index < -0.39 is 0 Å². The summed E-state index contributed by atoms with van der Waals surface area (Å²) >= 11 is 0. The Labute approximate surface area is 333 Å². The van der Waals surface area contributed by atoms with Gasteiger partial charge in [-0.25, -0.2) is 0 Å². The second kappa shape index (κ2) is 12.3. The predicted molar refractivity (Wildman–Crippen MR) is 235 cm³/mol. The second-order valence-electron chi connectivity index (χ2n) is 16.5. The maximum Gasteiger partial charge on any atom is 0.143 e. The molecule has 0 N–H and O–H groups in total. The highest BCUT2D eigenvalue weighted by Crippen LogP contribution is 2.55. The van der Waals surface area contributed by atoms with Crippen molar-refractivity contribution in [2.75, 3.05) is 4.90 Å². The molecule has 0 bridgehead atoms. The third kappa shape index (κ3) is 5.05. The lowest BCUT2D eigenvalue weighted by Gasteiger charge is -2.36. The molecule has 2 heterocycles. The van der Waals surface area contributed by atoms with Gasteiger partial charge in [-0.15, -0.1) is 0 Å². The van der Waals surface area contributed by atoms with Gasteiger partial charge in [-0.2, -0.15) is 0 Å². The maximum atomic E-state index is 7.05. The Morgan fingerprint density at radius 2 is 0.982 bits per heavy atom. The fourth-order valence-corrected chi connectivity index (χ4v) is 9.56. The van der Waals surface area contributed by atoms with E-state index >= 15 is 0 Å². The normalized spacial score (nSPS) is 14.4. The highest BCUT2D eigenvalue weighted by Gasteiger charge is 2.38. The van der Waals surface area contributed by atoms with Crippen LogP contribution < -0.4 is 9.64 Å². The van der Waals surface area contributed by atoms with Crippen LogP contribution >= 0.6 is 0 Å². The van der Waals surface area contributed by atoms with Gasteiger partial charge >= 0.3 is 0 Å². The van der Waals surface area contributed by atoms with E-state index in [9.17, 15) is 0 Å². The lowest BCUT2D eigenvalue weighted by Crippen LogP contribution is -2.24. The van der Waals surface area contributed by atoms with Gasteiger partial charge < -0.3 is 14.1 Å². The van der Waals surface area contributed by atoms with Crippen molar-refractivity contribution in [3.05, 3.63) is 198 Å². The number of para-hydroxylation sites is 1. The lowest BCUT2D eigenvalue weighted by molar-refractivity contribution is 0.423. The summed E-state index contributed by atoms with van der Waals surface area (Å²) in [5.74, 6) is 1.73. The molecular weight excluding hydrogens is 695 g/mol. The van der Waals surface area contributed by atoms with Crippen molar-refractivity contribution in [3.63, 3.8) is 0 Å². The molecule has 0 atom stereocenters. The van der Waals surface area contributed by atoms with Crippen molar-refractivity contribution < 1.29 is 9.15 Å².